The minimum Gasteiger partial charge on any atom is -0.380 e. The Hall–Kier alpha value is -1.39. The lowest BCUT2D eigenvalue weighted by Crippen LogP contribution is -2.51. The average Bonchev–Trinajstić information content (AvgIpc) is 2.41. The highest BCUT2D eigenvalue weighted by Crippen LogP contribution is 2.25. The maximum absolute atomic E-state index is 11.9. The Morgan fingerprint density at radius 2 is 2.11 bits per heavy atom. The smallest absolute Gasteiger partial charge is 0.236 e. The van der Waals surface area contributed by atoms with Gasteiger partial charge in [0.15, 0.2) is 0 Å². The SMILES string of the molecule is CC1(CNC(=O)C(N)CCc2ccccc2)COC1. The Morgan fingerprint density at radius 1 is 1.42 bits per heavy atom. The maximum atomic E-state index is 11.9. The van der Waals surface area contributed by atoms with Crippen LogP contribution < -0.4 is 11.1 Å². The van der Waals surface area contributed by atoms with Crippen LogP contribution in [0, 0.1) is 5.41 Å². The van der Waals surface area contributed by atoms with Crippen LogP contribution in [0.5, 0.6) is 0 Å². The van der Waals surface area contributed by atoms with E-state index in [9.17, 15) is 4.79 Å². The van der Waals surface area contributed by atoms with Crippen molar-refractivity contribution in [2.24, 2.45) is 11.1 Å². The van der Waals surface area contributed by atoms with Crippen LogP contribution in [0.15, 0.2) is 30.3 Å². The van der Waals surface area contributed by atoms with Crippen molar-refractivity contribution in [3.63, 3.8) is 0 Å². The standard InChI is InChI=1S/C15H22N2O2/c1-15(10-19-11-15)9-17-14(18)13(16)8-7-12-5-3-2-4-6-12/h2-6,13H,7-11,16H2,1H3,(H,17,18). The van der Waals surface area contributed by atoms with E-state index in [0.29, 0.717) is 26.2 Å². The van der Waals surface area contributed by atoms with Crippen LogP contribution in [0.25, 0.3) is 0 Å². The molecule has 0 radical (unpaired) electrons. The highest BCUT2D eigenvalue weighted by molar-refractivity contribution is 5.81. The van der Waals surface area contributed by atoms with Gasteiger partial charge in [-0.25, -0.2) is 0 Å². The van der Waals surface area contributed by atoms with Gasteiger partial charge in [-0.2, -0.15) is 0 Å². The second-order valence-corrected chi connectivity index (χ2v) is 5.65. The molecule has 1 heterocycles. The van der Waals surface area contributed by atoms with E-state index in [0.717, 1.165) is 6.42 Å². The molecule has 1 unspecified atom stereocenters. The number of amides is 1. The largest absolute Gasteiger partial charge is 0.380 e. The second kappa shape index (κ2) is 6.17. The molecule has 4 nitrogen and oxygen atoms in total. The number of rotatable bonds is 6. The number of hydrogen-bond acceptors (Lipinski definition) is 3. The summed E-state index contributed by atoms with van der Waals surface area (Å²) in [5.41, 5.74) is 7.22. The fraction of sp³-hybridized carbons (Fsp3) is 0.533. The van der Waals surface area contributed by atoms with E-state index in [-0.39, 0.29) is 11.3 Å². The molecule has 3 N–H and O–H groups in total. The number of aryl methyl sites for hydroxylation is 1. The first-order chi connectivity index (χ1) is 9.09. The molecule has 0 bridgehead atoms. The minimum absolute atomic E-state index is 0.0657. The topological polar surface area (TPSA) is 64.4 Å². The number of ether oxygens (including phenoxy) is 1. The summed E-state index contributed by atoms with van der Waals surface area (Å²) >= 11 is 0. The fourth-order valence-electron chi connectivity index (χ4n) is 2.08. The molecule has 0 aromatic heterocycles. The number of hydrogen-bond donors (Lipinski definition) is 2. The van der Waals surface area contributed by atoms with Crippen LogP contribution >= 0.6 is 0 Å². The van der Waals surface area contributed by atoms with Gasteiger partial charge in [0.05, 0.1) is 19.3 Å². The molecular weight excluding hydrogens is 240 g/mol. The second-order valence-electron chi connectivity index (χ2n) is 5.65. The van der Waals surface area contributed by atoms with E-state index >= 15 is 0 Å². The molecule has 1 aromatic carbocycles. The average molecular weight is 262 g/mol. The predicted octanol–water partition coefficient (Wildman–Crippen LogP) is 1.10. The first-order valence-electron chi connectivity index (χ1n) is 6.74. The summed E-state index contributed by atoms with van der Waals surface area (Å²) in [5.74, 6) is -0.0657. The number of carbonyl (C=O) groups is 1. The zero-order valence-electron chi connectivity index (χ0n) is 11.4. The zero-order valence-corrected chi connectivity index (χ0v) is 11.4. The summed E-state index contributed by atoms with van der Waals surface area (Å²) in [6.07, 6.45) is 1.50. The molecule has 0 saturated carbocycles. The van der Waals surface area contributed by atoms with Crippen LogP contribution in [0.1, 0.15) is 18.9 Å². The monoisotopic (exact) mass is 262 g/mol. The van der Waals surface area contributed by atoms with Crippen LogP contribution in [-0.4, -0.2) is 31.7 Å². The highest BCUT2D eigenvalue weighted by atomic mass is 16.5. The van der Waals surface area contributed by atoms with Gasteiger partial charge < -0.3 is 15.8 Å². The normalized spacial score (nSPS) is 18.4. The Kier molecular flexibility index (Phi) is 4.56. The molecular formula is C15H22N2O2. The molecule has 4 heteroatoms. The Bertz CT molecular complexity index is 415. The minimum atomic E-state index is -0.440. The molecule has 1 aliphatic heterocycles. The van der Waals surface area contributed by atoms with Crippen molar-refractivity contribution in [2.75, 3.05) is 19.8 Å². The Balaban J connectivity index is 1.70. The quantitative estimate of drug-likeness (QED) is 0.807. The van der Waals surface area contributed by atoms with Crippen LogP contribution in [-0.2, 0) is 16.0 Å². The molecule has 1 atom stereocenters. The van der Waals surface area contributed by atoms with E-state index in [1.165, 1.54) is 5.56 Å². The van der Waals surface area contributed by atoms with Crippen molar-refractivity contribution in [1.29, 1.82) is 0 Å². The summed E-state index contributed by atoms with van der Waals surface area (Å²) in [6, 6.07) is 9.65. The van der Waals surface area contributed by atoms with Crippen LogP contribution in [0.2, 0.25) is 0 Å². The number of nitrogens with two attached hydrogens (primary N) is 1. The predicted molar refractivity (Wildman–Crippen MR) is 74.7 cm³/mol. The molecule has 104 valence electrons. The summed E-state index contributed by atoms with van der Waals surface area (Å²) in [7, 11) is 0. The molecule has 19 heavy (non-hydrogen) atoms. The first kappa shape index (κ1) is 14.0. The molecule has 2 rings (SSSR count). The summed E-state index contributed by atoms with van der Waals surface area (Å²) in [6.45, 7) is 4.18. The summed E-state index contributed by atoms with van der Waals surface area (Å²) < 4.78 is 5.15. The lowest BCUT2D eigenvalue weighted by Gasteiger charge is -2.38. The van der Waals surface area contributed by atoms with E-state index in [2.05, 4.69) is 24.4 Å². The molecule has 1 saturated heterocycles. The van der Waals surface area contributed by atoms with E-state index < -0.39 is 6.04 Å². The summed E-state index contributed by atoms with van der Waals surface area (Å²) in [4.78, 5) is 11.9. The lowest BCUT2D eigenvalue weighted by atomic mass is 9.88. The third kappa shape index (κ3) is 4.04. The van der Waals surface area contributed by atoms with E-state index in [1.54, 1.807) is 0 Å². The molecule has 1 amide bonds. The van der Waals surface area contributed by atoms with Gasteiger partial charge in [0.2, 0.25) is 5.91 Å². The zero-order chi connectivity index (χ0) is 13.7. The van der Waals surface area contributed by atoms with Gasteiger partial charge in [-0.3, -0.25) is 4.79 Å². The highest BCUT2D eigenvalue weighted by Gasteiger charge is 2.33. The number of benzene rings is 1. The van der Waals surface area contributed by atoms with Crippen molar-refractivity contribution in [2.45, 2.75) is 25.8 Å². The third-order valence-electron chi connectivity index (χ3n) is 3.51. The fourth-order valence-corrected chi connectivity index (χ4v) is 2.08. The van der Waals surface area contributed by atoms with E-state index in [4.69, 9.17) is 10.5 Å². The van der Waals surface area contributed by atoms with Gasteiger partial charge in [-0.15, -0.1) is 0 Å². The van der Waals surface area contributed by atoms with Crippen molar-refractivity contribution >= 4 is 5.91 Å². The Labute approximate surface area is 114 Å². The Morgan fingerprint density at radius 3 is 2.68 bits per heavy atom. The van der Waals surface area contributed by atoms with Crippen molar-refractivity contribution in [1.82, 2.24) is 5.32 Å². The van der Waals surface area contributed by atoms with Crippen molar-refractivity contribution in [3.8, 4) is 0 Å². The number of carbonyl (C=O) groups excluding carboxylic acids is 1. The molecule has 1 aliphatic rings. The van der Waals surface area contributed by atoms with Gasteiger partial charge in [0, 0.05) is 12.0 Å². The van der Waals surface area contributed by atoms with Crippen molar-refractivity contribution < 1.29 is 9.53 Å². The molecule has 1 aromatic rings. The molecule has 0 aliphatic carbocycles. The lowest BCUT2D eigenvalue weighted by molar-refractivity contribution is -0.128. The van der Waals surface area contributed by atoms with Crippen molar-refractivity contribution in [3.05, 3.63) is 35.9 Å². The molecule has 0 spiro atoms. The summed E-state index contributed by atoms with van der Waals surface area (Å²) in [5, 5.41) is 2.92. The first-order valence-corrected chi connectivity index (χ1v) is 6.74. The maximum Gasteiger partial charge on any atom is 0.236 e. The van der Waals surface area contributed by atoms with Gasteiger partial charge >= 0.3 is 0 Å². The molecule has 1 fully saturated rings. The van der Waals surface area contributed by atoms with Crippen LogP contribution in [0.3, 0.4) is 0 Å². The van der Waals surface area contributed by atoms with Gasteiger partial charge in [-0.1, -0.05) is 37.3 Å². The van der Waals surface area contributed by atoms with Crippen LogP contribution in [0.4, 0.5) is 0 Å². The van der Waals surface area contributed by atoms with Gasteiger partial charge in [-0.05, 0) is 18.4 Å². The van der Waals surface area contributed by atoms with E-state index in [1.807, 2.05) is 18.2 Å². The van der Waals surface area contributed by atoms with Gasteiger partial charge in [0.25, 0.3) is 0 Å². The van der Waals surface area contributed by atoms with Gasteiger partial charge in [0.1, 0.15) is 0 Å². The number of nitrogens with one attached hydrogen (secondary N) is 1. The third-order valence-corrected chi connectivity index (χ3v) is 3.51.